The van der Waals surface area contributed by atoms with Crippen LogP contribution in [0.3, 0.4) is 0 Å². The number of hydrogen-bond donors (Lipinski definition) is 1. The number of fused-ring (bicyclic) bond motifs is 2. The normalized spacial score (nSPS) is 17.9. The smallest absolute Gasteiger partial charge is 0.410 e. The van der Waals surface area contributed by atoms with Gasteiger partial charge in [0.25, 0.3) is 0 Å². The number of amides is 1. The molecule has 0 saturated carbocycles. The highest BCUT2D eigenvalue weighted by Gasteiger charge is 2.26. The zero-order valence-corrected chi connectivity index (χ0v) is 21.2. The van der Waals surface area contributed by atoms with Crippen molar-refractivity contribution in [1.82, 2.24) is 9.88 Å². The molecule has 0 spiro atoms. The van der Waals surface area contributed by atoms with E-state index in [-0.39, 0.29) is 23.2 Å². The van der Waals surface area contributed by atoms with Crippen LogP contribution in [0.5, 0.6) is 0 Å². The maximum Gasteiger partial charge on any atom is 0.410 e. The van der Waals surface area contributed by atoms with Gasteiger partial charge in [-0.1, -0.05) is 37.6 Å². The predicted molar refractivity (Wildman–Crippen MR) is 135 cm³/mol. The number of likely N-dealkylation sites (tertiary alicyclic amines) is 1. The number of hydrogen-bond acceptors (Lipinski definition) is 4. The zero-order chi connectivity index (χ0) is 25.0. The average Bonchev–Trinajstić information content (AvgIpc) is 2.88. The third-order valence-corrected chi connectivity index (χ3v) is 6.25. The first kappa shape index (κ1) is 25.8. The summed E-state index contributed by atoms with van der Waals surface area (Å²) in [5, 5.41) is 10.1. The SMILES string of the molecule is CC1CCN(C(=O)OC(C)(C)C)CC1.CC1c2ccc(Cl)cc2C=C(C(=O)O)c2cccnc21. The summed E-state index contributed by atoms with van der Waals surface area (Å²) in [6.45, 7) is 11.6. The summed E-state index contributed by atoms with van der Waals surface area (Å²) < 4.78 is 5.30. The van der Waals surface area contributed by atoms with E-state index in [9.17, 15) is 14.7 Å². The molecule has 4 rings (SSSR count). The third kappa shape index (κ3) is 6.38. The molecular weight excluding hydrogens is 452 g/mol. The fourth-order valence-corrected chi connectivity index (χ4v) is 4.31. The van der Waals surface area contributed by atoms with Crippen LogP contribution in [0, 0.1) is 5.92 Å². The summed E-state index contributed by atoms with van der Waals surface area (Å²) in [5.74, 6) is -0.195. The molecule has 1 fully saturated rings. The highest BCUT2D eigenvalue weighted by molar-refractivity contribution is 6.31. The highest BCUT2D eigenvalue weighted by atomic mass is 35.5. The molecule has 1 N–H and O–H groups in total. The molecule has 1 saturated heterocycles. The van der Waals surface area contributed by atoms with Gasteiger partial charge in [0.15, 0.2) is 0 Å². The standard InChI is InChI=1S/C16H12ClNO2.C11H21NO2/c1-9-12-5-4-11(17)7-10(12)8-14(16(19)20)13-3-2-6-18-15(9)13;1-9-5-7-12(8-6-9)10(13)14-11(2,3)4/h2-9H,1H3,(H,19,20);9H,5-8H2,1-4H3. The quantitative estimate of drug-likeness (QED) is 0.501. The molecule has 1 amide bonds. The fourth-order valence-electron chi connectivity index (χ4n) is 4.13. The number of rotatable bonds is 1. The molecule has 2 aromatic rings. The van der Waals surface area contributed by atoms with Gasteiger partial charge in [0, 0.05) is 35.8 Å². The summed E-state index contributed by atoms with van der Waals surface area (Å²) in [4.78, 5) is 29.4. The second-order valence-electron chi connectivity index (χ2n) is 9.94. The Bertz CT molecular complexity index is 1080. The molecular formula is C27H33ClN2O4. The van der Waals surface area contributed by atoms with Crippen molar-refractivity contribution < 1.29 is 19.4 Å². The van der Waals surface area contributed by atoms with E-state index in [0.29, 0.717) is 10.6 Å². The van der Waals surface area contributed by atoms with Crippen LogP contribution >= 0.6 is 11.6 Å². The third-order valence-electron chi connectivity index (χ3n) is 6.02. The van der Waals surface area contributed by atoms with Crippen molar-refractivity contribution in [2.75, 3.05) is 13.1 Å². The second kappa shape index (κ2) is 10.6. The molecule has 2 aliphatic rings. The Morgan fingerprint density at radius 3 is 2.44 bits per heavy atom. The van der Waals surface area contributed by atoms with Crippen LogP contribution in [0.2, 0.25) is 5.02 Å². The molecule has 1 aliphatic heterocycles. The molecule has 0 bridgehead atoms. The second-order valence-corrected chi connectivity index (χ2v) is 10.4. The van der Waals surface area contributed by atoms with E-state index in [1.165, 1.54) is 0 Å². The summed E-state index contributed by atoms with van der Waals surface area (Å²) in [6, 6.07) is 9.10. The Kier molecular flexibility index (Phi) is 8.03. The molecule has 1 atom stereocenters. The minimum Gasteiger partial charge on any atom is -0.478 e. The first-order valence-electron chi connectivity index (χ1n) is 11.6. The minimum atomic E-state index is -0.959. The molecule has 1 aromatic heterocycles. The predicted octanol–water partition coefficient (Wildman–Crippen LogP) is 6.48. The van der Waals surface area contributed by atoms with Gasteiger partial charge in [0.05, 0.1) is 11.3 Å². The molecule has 0 radical (unpaired) electrons. The van der Waals surface area contributed by atoms with Crippen molar-refractivity contribution in [3.8, 4) is 0 Å². The van der Waals surface area contributed by atoms with Crippen LogP contribution in [0.25, 0.3) is 11.6 Å². The first-order chi connectivity index (χ1) is 16.0. The van der Waals surface area contributed by atoms with Crippen LogP contribution < -0.4 is 0 Å². The molecule has 1 aliphatic carbocycles. The lowest BCUT2D eigenvalue weighted by Gasteiger charge is -2.32. The van der Waals surface area contributed by atoms with Crippen molar-refractivity contribution in [3.05, 3.63) is 63.9 Å². The van der Waals surface area contributed by atoms with E-state index < -0.39 is 5.97 Å². The Labute approximate surface area is 206 Å². The number of carbonyl (C=O) groups excluding carboxylic acids is 1. The van der Waals surface area contributed by atoms with E-state index in [1.807, 2.05) is 44.7 Å². The lowest BCUT2D eigenvalue weighted by Crippen LogP contribution is -2.41. The number of benzene rings is 1. The van der Waals surface area contributed by atoms with Crippen molar-refractivity contribution in [1.29, 1.82) is 0 Å². The zero-order valence-electron chi connectivity index (χ0n) is 20.5. The van der Waals surface area contributed by atoms with E-state index in [2.05, 4.69) is 11.9 Å². The van der Waals surface area contributed by atoms with Crippen LogP contribution in [0.1, 0.15) is 75.8 Å². The van der Waals surface area contributed by atoms with Gasteiger partial charge in [0.2, 0.25) is 0 Å². The molecule has 34 heavy (non-hydrogen) atoms. The van der Waals surface area contributed by atoms with Gasteiger partial charge >= 0.3 is 12.1 Å². The van der Waals surface area contributed by atoms with Crippen molar-refractivity contribution in [3.63, 3.8) is 0 Å². The summed E-state index contributed by atoms with van der Waals surface area (Å²) >= 11 is 6.02. The molecule has 7 heteroatoms. The van der Waals surface area contributed by atoms with Crippen LogP contribution in [-0.2, 0) is 9.53 Å². The minimum absolute atomic E-state index is 0.0200. The Morgan fingerprint density at radius 1 is 1.15 bits per heavy atom. The summed E-state index contributed by atoms with van der Waals surface area (Å²) in [6.07, 6.45) is 5.39. The van der Waals surface area contributed by atoms with Gasteiger partial charge in [-0.05, 0) is 74.9 Å². The number of aromatic nitrogens is 1. The Morgan fingerprint density at radius 2 is 1.82 bits per heavy atom. The van der Waals surface area contributed by atoms with Gasteiger partial charge in [-0.15, -0.1) is 0 Å². The van der Waals surface area contributed by atoms with Gasteiger partial charge < -0.3 is 14.7 Å². The lowest BCUT2D eigenvalue weighted by atomic mass is 9.92. The number of piperidine rings is 1. The molecule has 6 nitrogen and oxygen atoms in total. The van der Waals surface area contributed by atoms with Gasteiger partial charge in [-0.3, -0.25) is 4.98 Å². The summed E-state index contributed by atoms with van der Waals surface area (Å²) in [5.41, 5.74) is 3.19. The number of pyridine rings is 1. The molecule has 182 valence electrons. The van der Waals surface area contributed by atoms with Gasteiger partial charge in [-0.25, -0.2) is 9.59 Å². The van der Waals surface area contributed by atoms with Crippen LogP contribution in [0.15, 0.2) is 36.5 Å². The number of carbonyl (C=O) groups is 2. The van der Waals surface area contributed by atoms with Gasteiger partial charge in [-0.2, -0.15) is 0 Å². The van der Waals surface area contributed by atoms with Crippen molar-refractivity contribution >= 4 is 35.3 Å². The van der Waals surface area contributed by atoms with E-state index >= 15 is 0 Å². The highest BCUT2D eigenvalue weighted by Crippen LogP contribution is 2.37. The van der Waals surface area contributed by atoms with E-state index in [1.54, 1.807) is 30.5 Å². The number of halogens is 1. The number of carboxylic acids is 1. The number of nitrogens with zero attached hydrogens (tertiary/aromatic N) is 2. The lowest BCUT2D eigenvalue weighted by molar-refractivity contribution is -0.130. The average molecular weight is 485 g/mol. The summed E-state index contributed by atoms with van der Waals surface area (Å²) in [7, 11) is 0. The first-order valence-corrected chi connectivity index (χ1v) is 12.0. The number of aliphatic carboxylic acids is 1. The van der Waals surface area contributed by atoms with Crippen molar-refractivity contribution in [2.45, 2.75) is 59.0 Å². The van der Waals surface area contributed by atoms with E-state index in [0.717, 1.165) is 48.7 Å². The van der Waals surface area contributed by atoms with Crippen LogP contribution in [-0.4, -0.2) is 45.7 Å². The van der Waals surface area contributed by atoms with Crippen molar-refractivity contribution in [2.24, 2.45) is 5.92 Å². The largest absolute Gasteiger partial charge is 0.478 e. The molecule has 1 aromatic carbocycles. The number of carboxylic acid groups (broad SMARTS) is 1. The van der Waals surface area contributed by atoms with Gasteiger partial charge in [0.1, 0.15) is 5.60 Å². The Hall–Kier alpha value is -2.86. The van der Waals surface area contributed by atoms with E-state index in [4.69, 9.17) is 16.3 Å². The fraction of sp³-hybridized carbons (Fsp3) is 0.444. The Balaban J connectivity index is 0.000000204. The monoisotopic (exact) mass is 484 g/mol. The number of ether oxygens (including phenoxy) is 1. The molecule has 2 heterocycles. The maximum atomic E-state index is 11.6. The maximum absolute atomic E-state index is 11.6. The molecule has 1 unspecified atom stereocenters. The topological polar surface area (TPSA) is 79.7 Å². The van der Waals surface area contributed by atoms with Crippen LogP contribution in [0.4, 0.5) is 4.79 Å².